The Morgan fingerprint density at radius 1 is 0.608 bits per heavy atom. The summed E-state index contributed by atoms with van der Waals surface area (Å²) < 4.78 is 5.17. The summed E-state index contributed by atoms with van der Waals surface area (Å²) in [5.74, 6) is 0. The zero-order chi connectivity index (χ0) is 34.4. The fourth-order valence-electron chi connectivity index (χ4n) is 10.4. The molecule has 7 aromatic rings. The molecule has 51 heavy (non-hydrogen) atoms. The quantitative estimate of drug-likeness (QED) is 0.166. The molecule has 4 heterocycles. The van der Waals surface area contributed by atoms with E-state index in [1.54, 1.807) is 11.1 Å². The van der Waals surface area contributed by atoms with Gasteiger partial charge in [0.2, 0.25) is 6.71 Å². The van der Waals surface area contributed by atoms with Crippen LogP contribution in [0.25, 0.3) is 33.2 Å². The maximum atomic E-state index is 2.59. The molecule has 2 aromatic heterocycles. The van der Waals surface area contributed by atoms with E-state index in [-0.39, 0.29) is 17.5 Å². The van der Waals surface area contributed by atoms with E-state index >= 15 is 0 Å². The normalized spacial score (nSPS) is 16.7. The highest BCUT2D eigenvalue weighted by Crippen LogP contribution is 2.44. The second-order valence-electron chi connectivity index (χ2n) is 17.1. The largest absolute Gasteiger partial charge is 0.313 e. The van der Waals surface area contributed by atoms with Gasteiger partial charge in [0.05, 0.1) is 11.0 Å². The number of fused-ring (bicyclic) bond motifs is 10. The van der Waals surface area contributed by atoms with E-state index in [9.17, 15) is 0 Å². The van der Waals surface area contributed by atoms with Crippen LogP contribution in [0.5, 0.6) is 0 Å². The lowest BCUT2D eigenvalue weighted by Gasteiger charge is -2.43. The number of aromatic nitrogens is 2. The molecular weight excluding hydrogens is 635 g/mol. The molecule has 0 N–H and O–H groups in total. The molecule has 4 heteroatoms. The van der Waals surface area contributed by atoms with Crippen molar-refractivity contribution in [1.29, 1.82) is 0 Å². The van der Waals surface area contributed by atoms with Crippen molar-refractivity contribution >= 4 is 56.7 Å². The van der Waals surface area contributed by atoms with E-state index in [2.05, 4.69) is 141 Å². The Kier molecular flexibility index (Phi) is 6.14. The van der Waals surface area contributed by atoms with Crippen LogP contribution < -0.4 is 16.4 Å². The Balaban J connectivity index is 1.14. The molecule has 0 radical (unpaired) electrons. The lowest BCUT2D eigenvalue weighted by atomic mass is 9.31. The maximum absolute atomic E-state index is 2.59. The topological polar surface area (TPSA) is 9.86 Å². The SMILES string of the molecule is CC(C)(C)c1cc2c3c(c1)C(C)(C)c1cc(-n4c5c(c6ccccc64)CCC5)ccc1B3c1ccc(-n3c4c(c5ccccc53)CCC4)cc1S2. The van der Waals surface area contributed by atoms with Gasteiger partial charge >= 0.3 is 0 Å². The zero-order valence-electron chi connectivity index (χ0n) is 30.4. The second-order valence-corrected chi connectivity index (χ2v) is 18.2. The van der Waals surface area contributed by atoms with Gasteiger partial charge in [-0.15, -0.1) is 0 Å². The van der Waals surface area contributed by atoms with Gasteiger partial charge in [-0.3, -0.25) is 0 Å². The van der Waals surface area contributed by atoms with Crippen LogP contribution in [0, 0.1) is 0 Å². The van der Waals surface area contributed by atoms with Crippen molar-refractivity contribution in [3.8, 4) is 11.4 Å². The highest BCUT2D eigenvalue weighted by molar-refractivity contribution is 8.00. The minimum Gasteiger partial charge on any atom is -0.313 e. The summed E-state index contributed by atoms with van der Waals surface area (Å²) in [5, 5.41) is 2.86. The standard InChI is InChI=1S/C47H43BN2S/c1-46(2,3)28-24-36-45-44(25-28)51-43-27-30(50-40-17-9-7-13-32(40)34-15-11-19-42(34)50)21-23-38(43)48(45)37-22-20-29(26-35(37)47(36,4)5)49-39-16-8-6-12-31(39)33-14-10-18-41(33)49/h6-9,12-13,16-17,20-27H,10-11,14-15,18-19H2,1-5H3. The first kappa shape index (κ1) is 30.2. The maximum Gasteiger partial charge on any atom is 0.244 e. The van der Waals surface area contributed by atoms with E-state index in [0.717, 1.165) is 12.8 Å². The Bertz CT molecular complexity index is 2640. The number of para-hydroxylation sites is 2. The Morgan fingerprint density at radius 3 is 1.82 bits per heavy atom. The molecular formula is C47H43BN2S. The van der Waals surface area contributed by atoms with Crippen molar-refractivity contribution in [2.24, 2.45) is 0 Å². The van der Waals surface area contributed by atoms with Gasteiger partial charge in [0.1, 0.15) is 0 Å². The average molecular weight is 679 g/mol. The summed E-state index contributed by atoms with van der Waals surface area (Å²) in [5.41, 5.74) is 20.2. The molecule has 0 spiro atoms. The summed E-state index contributed by atoms with van der Waals surface area (Å²) in [4.78, 5) is 2.84. The number of rotatable bonds is 2. The summed E-state index contributed by atoms with van der Waals surface area (Å²) in [7, 11) is 0. The van der Waals surface area contributed by atoms with Crippen LogP contribution in [0.2, 0.25) is 0 Å². The molecule has 0 saturated carbocycles. The average Bonchev–Trinajstić information content (AvgIpc) is 3.91. The Labute approximate surface area is 306 Å². The van der Waals surface area contributed by atoms with Crippen molar-refractivity contribution < 1.29 is 0 Å². The number of aryl methyl sites for hydroxylation is 2. The Morgan fingerprint density at radius 2 is 1.20 bits per heavy atom. The van der Waals surface area contributed by atoms with Gasteiger partial charge in [0.25, 0.3) is 0 Å². The smallest absolute Gasteiger partial charge is 0.244 e. The van der Waals surface area contributed by atoms with Gasteiger partial charge in [0.15, 0.2) is 0 Å². The molecule has 4 aliphatic rings. The first-order valence-corrected chi connectivity index (χ1v) is 19.9. The molecule has 0 fully saturated rings. The molecule has 0 atom stereocenters. The van der Waals surface area contributed by atoms with Crippen LogP contribution >= 0.6 is 11.8 Å². The fourth-order valence-corrected chi connectivity index (χ4v) is 11.7. The predicted octanol–water partition coefficient (Wildman–Crippen LogP) is 9.47. The fraction of sp³-hybridized carbons (Fsp3) is 0.277. The third kappa shape index (κ3) is 4.09. The highest BCUT2D eigenvalue weighted by atomic mass is 32.2. The van der Waals surface area contributed by atoms with Crippen LogP contribution in [0.3, 0.4) is 0 Å². The van der Waals surface area contributed by atoms with Gasteiger partial charge < -0.3 is 9.13 Å². The number of nitrogens with zero attached hydrogens (tertiary/aromatic N) is 2. The van der Waals surface area contributed by atoms with E-state index in [0.29, 0.717) is 0 Å². The van der Waals surface area contributed by atoms with E-state index < -0.39 is 0 Å². The number of hydrogen-bond acceptors (Lipinski definition) is 1. The van der Waals surface area contributed by atoms with Crippen molar-refractivity contribution in [3.05, 3.63) is 136 Å². The molecule has 11 rings (SSSR count). The van der Waals surface area contributed by atoms with Gasteiger partial charge in [-0.2, -0.15) is 0 Å². The molecule has 0 unspecified atom stereocenters. The van der Waals surface area contributed by atoms with Gasteiger partial charge in [-0.05, 0) is 114 Å². The van der Waals surface area contributed by atoms with Crippen molar-refractivity contribution in [1.82, 2.24) is 9.13 Å². The van der Waals surface area contributed by atoms with Crippen LogP contribution in [-0.4, -0.2) is 15.8 Å². The summed E-state index contributed by atoms with van der Waals surface area (Å²) in [6.45, 7) is 12.3. The Hall–Kier alpha value is -4.41. The van der Waals surface area contributed by atoms with Crippen molar-refractivity contribution in [2.45, 2.75) is 93.8 Å². The highest BCUT2D eigenvalue weighted by Gasteiger charge is 2.45. The van der Waals surface area contributed by atoms with Crippen molar-refractivity contribution in [2.75, 3.05) is 0 Å². The second kappa shape index (κ2) is 10.4. The van der Waals surface area contributed by atoms with Gasteiger partial charge in [-0.25, -0.2) is 0 Å². The van der Waals surface area contributed by atoms with Crippen LogP contribution in [-0.2, 0) is 36.5 Å². The lowest BCUT2D eigenvalue weighted by molar-refractivity contribution is 0.580. The predicted molar refractivity (Wildman–Crippen MR) is 217 cm³/mol. The molecule has 250 valence electrons. The minimum atomic E-state index is -0.137. The third-order valence-electron chi connectivity index (χ3n) is 12.9. The van der Waals surface area contributed by atoms with Gasteiger partial charge in [0, 0.05) is 48.7 Å². The lowest BCUT2D eigenvalue weighted by Crippen LogP contribution is -2.63. The molecule has 0 bridgehead atoms. The van der Waals surface area contributed by atoms with E-state index in [1.165, 1.54) is 113 Å². The minimum absolute atomic E-state index is 0.0527. The zero-order valence-corrected chi connectivity index (χ0v) is 31.2. The van der Waals surface area contributed by atoms with E-state index in [4.69, 9.17) is 0 Å². The summed E-state index contributed by atoms with van der Waals surface area (Å²) in [6, 6.07) is 38.1. The van der Waals surface area contributed by atoms with Crippen LogP contribution in [0.4, 0.5) is 0 Å². The molecule has 5 aromatic carbocycles. The van der Waals surface area contributed by atoms with Crippen LogP contribution in [0.1, 0.15) is 86.7 Å². The summed E-state index contributed by atoms with van der Waals surface area (Å²) in [6.07, 6.45) is 7.18. The monoisotopic (exact) mass is 678 g/mol. The first-order valence-electron chi connectivity index (χ1n) is 19.1. The van der Waals surface area contributed by atoms with Crippen molar-refractivity contribution in [3.63, 3.8) is 0 Å². The van der Waals surface area contributed by atoms with Gasteiger partial charge in [-0.1, -0.05) is 117 Å². The van der Waals surface area contributed by atoms with E-state index in [1.807, 2.05) is 11.8 Å². The first-order chi connectivity index (χ1) is 24.7. The number of hydrogen-bond donors (Lipinski definition) is 0. The molecule has 0 amide bonds. The molecule has 2 nitrogen and oxygen atoms in total. The van der Waals surface area contributed by atoms with Crippen LogP contribution in [0.15, 0.2) is 107 Å². The molecule has 2 aliphatic heterocycles. The number of benzene rings is 5. The molecule has 0 saturated heterocycles. The molecule has 2 aliphatic carbocycles. The third-order valence-corrected chi connectivity index (χ3v) is 14.0. The summed E-state index contributed by atoms with van der Waals surface area (Å²) >= 11 is 2.00.